The minimum Gasteiger partial charge on any atom is -0.502 e. The normalized spacial score (nSPS) is 11.5. The molecule has 6 nitrogen and oxygen atoms in total. The van der Waals surface area contributed by atoms with E-state index in [1.807, 2.05) is 0 Å². The van der Waals surface area contributed by atoms with Crippen LogP contribution in [-0.4, -0.2) is 16.5 Å². The van der Waals surface area contributed by atoms with Crippen LogP contribution >= 0.6 is 12.4 Å². The van der Waals surface area contributed by atoms with Gasteiger partial charge >= 0.3 is 5.69 Å². The molecule has 1 atom stereocenters. The number of nitro groups is 1. The van der Waals surface area contributed by atoms with Crippen molar-refractivity contribution >= 4 is 18.1 Å². The molecule has 0 aliphatic carbocycles. The van der Waals surface area contributed by atoms with Gasteiger partial charge in [0.25, 0.3) is 6.43 Å². The maximum atomic E-state index is 12.4. The summed E-state index contributed by atoms with van der Waals surface area (Å²) in [6.07, 6.45) is -3.01. The summed E-state index contributed by atoms with van der Waals surface area (Å²) in [6.45, 7) is 0. The first-order valence-corrected chi connectivity index (χ1v) is 4.33. The summed E-state index contributed by atoms with van der Waals surface area (Å²) in [5, 5.41) is 28.6. The van der Waals surface area contributed by atoms with Crippen molar-refractivity contribution in [3.8, 4) is 11.8 Å². The Kier molecular flexibility index (Phi) is 5.42. The van der Waals surface area contributed by atoms with Crippen molar-refractivity contribution in [1.82, 2.24) is 0 Å². The van der Waals surface area contributed by atoms with Crippen LogP contribution in [0.2, 0.25) is 0 Å². The van der Waals surface area contributed by atoms with Gasteiger partial charge in [0.2, 0.25) is 0 Å². The summed E-state index contributed by atoms with van der Waals surface area (Å²) in [7, 11) is 0. The fourth-order valence-corrected chi connectivity index (χ4v) is 1.23. The number of phenolic OH excluding ortho intramolecular Hbond substituents is 1. The average molecular weight is 280 g/mol. The van der Waals surface area contributed by atoms with Crippen LogP contribution in [0, 0.1) is 21.4 Å². The van der Waals surface area contributed by atoms with Gasteiger partial charge in [-0.15, -0.1) is 12.4 Å². The molecule has 0 aliphatic rings. The topological polar surface area (TPSA) is 113 Å². The molecule has 0 fully saturated rings. The molecule has 3 N–H and O–H groups in total. The lowest BCUT2D eigenvalue weighted by Gasteiger charge is -2.12. The third kappa shape index (κ3) is 3.03. The van der Waals surface area contributed by atoms with E-state index in [4.69, 9.17) is 11.0 Å². The first kappa shape index (κ1) is 16.0. The smallest absolute Gasteiger partial charge is 0.312 e. The highest BCUT2D eigenvalue weighted by molar-refractivity contribution is 5.85. The van der Waals surface area contributed by atoms with Crippen molar-refractivity contribution in [3.05, 3.63) is 33.4 Å². The molecule has 0 amide bonds. The van der Waals surface area contributed by atoms with Crippen LogP contribution in [0.4, 0.5) is 14.5 Å². The van der Waals surface area contributed by atoms with Gasteiger partial charge in [0, 0.05) is 11.6 Å². The Balaban J connectivity index is 0.00000289. The van der Waals surface area contributed by atoms with Gasteiger partial charge in [-0.05, 0) is 6.07 Å². The van der Waals surface area contributed by atoms with Crippen molar-refractivity contribution in [3.63, 3.8) is 0 Å². The van der Waals surface area contributed by atoms with Crippen LogP contribution < -0.4 is 5.73 Å². The molecule has 1 aromatic rings. The zero-order chi connectivity index (χ0) is 13.2. The number of rotatable bonds is 3. The van der Waals surface area contributed by atoms with Crippen LogP contribution in [0.1, 0.15) is 17.2 Å². The van der Waals surface area contributed by atoms with Crippen molar-refractivity contribution < 1.29 is 18.8 Å². The maximum Gasteiger partial charge on any atom is 0.312 e. The third-order valence-corrected chi connectivity index (χ3v) is 2.08. The second kappa shape index (κ2) is 6.09. The van der Waals surface area contributed by atoms with Gasteiger partial charge in [0.1, 0.15) is 0 Å². The van der Waals surface area contributed by atoms with Gasteiger partial charge < -0.3 is 10.8 Å². The van der Waals surface area contributed by atoms with E-state index >= 15 is 0 Å². The quantitative estimate of drug-likeness (QED) is 0.647. The Hall–Kier alpha value is -1.98. The average Bonchev–Trinajstić information content (AvgIpc) is 2.27. The van der Waals surface area contributed by atoms with Crippen LogP contribution in [0.3, 0.4) is 0 Å². The fourth-order valence-electron chi connectivity index (χ4n) is 1.23. The third-order valence-electron chi connectivity index (χ3n) is 2.08. The van der Waals surface area contributed by atoms with Crippen LogP contribution in [0.25, 0.3) is 0 Å². The van der Waals surface area contributed by atoms with E-state index in [0.717, 1.165) is 12.1 Å². The highest BCUT2D eigenvalue weighted by atomic mass is 35.5. The number of nitrogens with two attached hydrogens (primary N) is 1. The molecular formula is C9H8ClF2N3O3. The fraction of sp³-hybridized carbons (Fsp3) is 0.222. The van der Waals surface area contributed by atoms with E-state index in [2.05, 4.69) is 0 Å². The van der Waals surface area contributed by atoms with Gasteiger partial charge in [0.15, 0.2) is 5.75 Å². The van der Waals surface area contributed by atoms with Crippen molar-refractivity contribution in [2.45, 2.75) is 12.5 Å². The second-order valence-corrected chi connectivity index (χ2v) is 3.16. The predicted molar refractivity (Wildman–Crippen MR) is 59.7 cm³/mol. The number of benzene rings is 1. The summed E-state index contributed by atoms with van der Waals surface area (Å²) >= 11 is 0. The molecular weight excluding hydrogens is 272 g/mol. The summed E-state index contributed by atoms with van der Waals surface area (Å²) in [5.74, 6) is -0.943. The molecule has 0 bridgehead atoms. The predicted octanol–water partition coefficient (Wildman–Crippen LogP) is 1.86. The Bertz CT molecular complexity index is 505. The summed E-state index contributed by atoms with van der Waals surface area (Å²) in [4.78, 5) is 9.57. The molecule has 1 aromatic carbocycles. The lowest BCUT2D eigenvalue weighted by Crippen LogP contribution is -2.19. The summed E-state index contributed by atoms with van der Waals surface area (Å²) < 4.78 is 24.7. The number of nitro benzene ring substituents is 1. The van der Waals surface area contributed by atoms with Gasteiger partial charge in [-0.2, -0.15) is 5.26 Å². The number of phenols is 1. The molecule has 0 saturated heterocycles. The SMILES string of the molecule is Cl.N#Cc1cc([C@@H](N)C(F)F)c(O)c([N+](=O)[O-])c1. The lowest BCUT2D eigenvalue weighted by molar-refractivity contribution is -0.386. The molecule has 9 heteroatoms. The summed E-state index contributed by atoms with van der Waals surface area (Å²) in [5.41, 5.74) is 3.52. The van der Waals surface area contributed by atoms with Gasteiger partial charge in [-0.3, -0.25) is 10.1 Å². The summed E-state index contributed by atoms with van der Waals surface area (Å²) in [6, 6.07) is 1.37. The number of nitriles is 1. The number of hydrogen-bond donors (Lipinski definition) is 2. The van der Waals surface area contributed by atoms with E-state index in [1.165, 1.54) is 0 Å². The Labute approximate surface area is 106 Å². The number of hydrogen-bond acceptors (Lipinski definition) is 5. The molecule has 0 heterocycles. The largest absolute Gasteiger partial charge is 0.502 e. The minimum atomic E-state index is -3.01. The Morgan fingerprint density at radius 3 is 2.44 bits per heavy atom. The van der Waals surface area contributed by atoms with Crippen LogP contribution in [-0.2, 0) is 0 Å². The molecule has 1 rings (SSSR count). The monoisotopic (exact) mass is 279 g/mol. The lowest BCUT2D eigenvalue weighted by atomic mass is 10.0. The van der Waals surface area contributed by atoms with Crippen molar-refractivity contribution in [1.29, 1.82) is 5.26 Å². The first-order valence-electron chi connectivity index (χ1n) is 4.33. The zero-order valence-corrected chi connectivity index (χ0v) is 9.53. The minimum absolute atomic E-state index is 0. The molecule has 0 unspecified atom stereocenters. The van der Waals surface area contributed by atoms with E-state index < -0.39 is 34.4 Å². The van der Waals surface area contributed by atoms with Crippen LogP contribution in [0.5, 0.6) is 5.75 Å². The highest BCUT2D eigenvalue weighted by Gasteiger charge is 2.27. The van der Waals surface area contributed by atoms with Crippen molar-refractivity contribution in [2.24, 2.45) is 5.73 Å². The molecule has 0 saturated carbocycles. The van der Waals surface area contributed by atoms with E-state index in [9.17, 15) is 24.0 Å². The highest BCUT2D eigenvalue weighted by Crippen LogP contribution is 2.35. The van der Waals surface area contributed by atoms with E-state index in [1.54, 1.807) is 6.07 Å². The Morgan fingerprint density at radius 2 is 2.06 bits per heavy atom. The molecule has 18 heavy (non-hydrogen) atoms. The standard InChI is InChI=1S/C9H7F2N3O3.ClH/c10-9(11)7(13)5-1-4(3-12)2-6(8(5)15)14(16)17;/h1-2,7,9,15H,13H2;1H/t7-;/m1./s1. The molecule has 0 radical (unpaired) electrons. The van der Waals surface area contributed by atoms with Crippen molar-refractivity contribution in [2.75, 3.05) is 0 Å². The van der Waals surface area contributed by atoms with Gasteiger partial charge in [-0.1, -0.05) is 0 Å². The van der Waals surface area contributed by atoms with Gasteiger partial charge in [0.05, 0.1) is 22.6 Å². The number of nitrogens with zero attached hydrogens (tertiary/aromatic N) is 2. The maximum absolute atomic E-state index is 12.4. The van der Waals surface area contributed by atoms with E-state index in [-0.39, 0.29) is 18.0 Å². The second-order valence-electron chi connectivity index (χ2n) is 3.16. The zero-order valence-electron chi connectivity index (χ0n) is 8.71. The molecule has 0 aliphatic heterocycles. The number of alkyl halides is 2. The molecule has 98 valence electrons. The number of aromatic hydroxyl groups is 1. The number of halogens is 3. The molecule has 0 aromatic heterocycles. The van der Waals surface area contributed by atoms with E-state index in [0.29, 0.717) is 0 Å². The van der Waals surface area contributed by atoms with Gasteiger partial charge in [-0.25, -0.2) is 8.78 Å². The van der Waals surface area contributed by atoms with Crippen LogP contribution in [0.15, 0.2) is 12.1 Å². The Morgan fingerprint density at radius 1 is 1.50 bits per heavy atom. The molecule has 0 spiro atoms. The first-order chi connectivity index (χ1) is 7.88.